The third kappa shape index (κ3) is 7.04. The van der Waals surface area contributed by atoms with Gasteiger partial charge >= 0.3 is 0 Å². The van der Waals surface area contributed by atoms with Gasteiger partial charge in [-0.25, -0.2) is 0 Å². The smallest absolute Gasteiger partial charge is 0.231 e. The molecule has 1 aliphatic rings. The standard InChI is InChI=1S/C18H28O3S.CH2O/c1-3-4-5-6-7-8-11-22(19)15(2)12-16-9-10-17-18(13-16)21-14-20-17;1-2/h9-10,13,15H,3-8,11-12,14H2,1-2H3;1H2. The lowest BCUT2D eigenvalue weighted by Crippen LogP contribution is -2.16. The van der Waals surface area contributed by atoms with Crippen molar-refractivity contribution in [3.8, 4) is 11.5 Å². The van der Waals surface area contributed by atoms with Gasteiger partial charge in [-0.05, 0) is 30.5 Å². The van der Waals surface area contributed by atoms with Crippen LogP contribution in [0, 0.1) is 0 Å². The van der Waals surface area contributed by atoms with Crippen LogP contribution in [-0.4, -0.2) is 28.8 Å². The highest BCUT2D eigenvalue weighted by atomic mass is 32.2. The van der Waals surface area contributed by atoms with Crippen molar-refractivity contribution in [3.63, 3.8) is 0 Å². The molecule has 0 saturated carbocycles. The van der Waals surface area contributed by atoms with Gasteiger partial charge in [-0.2, -0.15) is 0 Å². The molecule has 1 aromatic rings. The van der Waals surface area contributed by atoms with Gasteiger partial charge < -0.3 is 14.3 Å². The van der Waals surface area contributed by atoms with Gasteiger partial charge in [0.15, 0.2) is 11.5 Å². The monoisotopic (exact) mass is 354 g/mol. The molecule has 0 radical (unpaired) electrons. The Labute approximate surface area is 148 Å². The van der Waals surface area contributed by atoms with E-state index in [1.807, 2.05) is 25.0 Å². The van der Waals surface area contributed by atoms with E-state index in [9.17, 15) is 4.21 Å². The van der Waals surface area contributed by atoms with E-state index >= 15 is 0 Å². The fourth-order valence-corrected chi connectivity index (χ4v) is 3.99. The highest BCUT2D eigenvalue weighted by Crippen LogP contribution is 2.33. The Morgan fingerprint density at radius 3 is 2.50 bits per heavy atom. The average Bonchev–Trinajstić information content (AvgIpc) is 3.07. The fourth-order valence-electron chi connectivity index (χ4n) is 2.72. The van der Waals surface area contributed by atoms with Crippen LogP contribution in [0.2, 0.25) is 0 Å². The molecule has 0 N–H and O–H groups in total. The topological polar surface area (TPSA) is 52.6 Å². The zero-order valence-corrected chi connectivity index (χ0v) is 15.7. The van der Waals surface area contributed by atoms with E-state index in [-0.39, 0.29) is 5.25 Å². The lowest BCUT2D eigenvalue weighted by molar-refractivity contribution is -0.0979. The van der Waals surface area contributed by atoms with E-state index in [4.69, 9.17) is 14.3 Å². The Morgan fingerprint density at radius 1 is 1.08 bits per heavy atom. The van der Waals surface area contributed by atoms with Crippen molar-refractivity contribution in [2.75, 3.05) is 12.5 Å². The van der Waals surface area contributed by atoms with Crippen molar-refractivity contribution >= 4 is 17.6 Å². The van der Waals surface area contributed by atoms with Gasteiger partial charge in [0.1, 0.15) is 6.79 Å². The molecule has 0 aromatic heterocycles. The van der Waals surface area contributed by atoms with Gasteiger partial charge in [-0.15, -0.1) is 0 Å². The summed E-state index contributed by atoms with van der Waals surface area (Å²) in [6.45, 7) is 6.61. The molecule has 2 atom stereocenters. The van der Waals surface area contributed by atoms with E-state index in [1.165, 1.54) is 37.7 Å². The van der Waals surface area contributed by atoms with Crippen LogP contribution in [0.15, 0.2) is 18.2 Å². The Kier molecular flexibility index (Phi) is 10.4. The largest absolute Gasteiger partial charge is 0.454 e. The zero-order chi connectivity index (χ0) is 17.8. The van der Waals surface area contributed by atoms with Crippen LogP contribution in [0.5, 0.6) is 11.5 Å². The molecule has 1 heterocycles. The predicted octanol–water partition coefficient (Wildman–Crippen LogP) is 4.27. The molecular weight excluding hydrogens is 324 g/mol. The number of carbonyl (C=O) groups is 1. The number of hydrogen-bond donors (Lipinski definition) is 0. The minimum Gasteiger partial charge on any atom is -0.454 e. The molecule has 0 bridgehead atoms. The van der Waals surface area contributed by atoms with Gasteiger partial charge in [-0.1, -0.05) is 52.0 Å². The van der Waals surface area contributed by atoms with E-state index in [2.05, 4.69) is 13.8 Å². The molecule has 0 fully saturated rings. The number of rotatable bonds is 10. The van der Waals surface area contributed by atoms with E-state index in [1.54, 1.807) is 0 Å². The van der Waals surface area contributed by atoms with Crippen LogP contribution in [0.25, 0.3) is 0 Å². The molecule has 0 aliphatic carbocycles. The van der Waals surface area contributed by atoms with Crippen molar-refractivity contribution in [1.29, 1.82) is 0 Å². The lowest BCUT2D eigenvalue weighted by Gasteiger charge is -2.12. The second kappa shape index (κ2) is 12.1. The summed E-state index contributed by atoms with van der Waals surface area (Å²) in [6, 6.07) is 6.01. The molecule has 136 valence electrons. The summed E-state index contributed by atoms with van der Waals surface area (Å²) in [7, 11) is -0.743. The molecule has 0 amide bonds. The van der Waals surface area contributed by atoms with Crippen molar-refractivity contribution in [2.45, 2.75) is 64.0 Å². The second-order valence-electron chi connectivity index (χ2n) is 6.05. The fraction of sp³-hybridized carbons (Fsp3) is 0.632. The van der Waals surface area contributed by atoms with Crippen LogP contribution in [0.4, 0.5) is 0 Å². The van der Waals surface area contributed by atoms with Gasteiger partial charge in [0.25, 0.3) is 0 Å². The first kappa shape index (κ1) is 20.7. The minimum atomic E-state index is -0.743. The Morgan fingerprint density at radius 2 is 1.75 bits per heavy atom. The first-order valence-corrected chi connectivity index (χ1v) is 10.1. The zero-order valence-electron chi connectivity index (χ0n) is 14.9. The highest BCUT2D eigenvalue weighted by Gasteiger charge is 2.16. The number of carbonyl (C=O) groups excluding carboxylic acids is 1. The van der Waals surface area contributed by atoms with Gasteiger partial charge in [0.2, 0.25) is 6.79 Å². The van der Waals surface area contributed by atoms with Crippen LogP contribution in [0.1, 0.15) is 57.9 Å². The molecule has 24 heavy (non-hydrogen) atoms. The van der Waals surface area contributed by atoms with E-state index < -0.39 is 10.8 Å². The summed E-state index contributed by atoms with van der Waals surface area (Å²) in [5.41, 5.74) is 1.17. The highest BCUT2D eigenvalue weighted by molar-refractivity contribution is 7.85. The SMILES string of the molecule is C=O.CCCCCCCCS(=O)C(C)Cc1ccc2c(c1)OCO2. The molecule has 0 spiro atoms. The number of benzene rings is 1. The van der Waals surface area contributed by atoms with Crippen molar-refractivity contribution in [2.24, 2.45) is 0 Å². The Balaban J connectivity index is 0.00000139. The second-order valence-corrected chi connectivity index (χ2v) is 8.03. The van der Waals surface area contributed by atoms with Crippen LogP contribution in [-0.2, 0) is 22.0 Å². The van der Waals surface area contributed by atoms with Crippen molar-refractivity contribution in [1.82, 2.24) is 0 Å². The van der Waals surface area contributed by atoms with Gasteiger partial charge in [-0.3, -0.25) is 4.21 Å². The molecule has 5 heteroatoms. The van der Waals surface area contributed by atoms with E-state index in [0.29, 0.717) is 6.79 Å². The normalized spacial score (nSPS) is 14.6. The molecule has 2 unspecified atom stereocenters. The number of hydrogen-bond acceptors (Lipinski definition) is 4. The number of unbranched alkanes of at least 4 members (excludes halogenated alkanes) is 5. The predicted molar refractivity (Wildman–Crippen MR) is 99.2 cm³/mol. The third-order valence-electron chi connectivity index (χ3n) is 4.11. The Hall–Kier alpha value is -1.36. The molecule has 2 rings (SSSR count). The quantitative estimate of drug-likeness (QED) is 0.589. The van der Waals surface area contributed by atoms with Crippen molar-refractivity contribution < 1.29 is 18.5 Å². The maximum atomic E-state index is 12.3. The molecule has 1 aromatic carbocycles. The first-order chi connectivity index (χ1) is 11.7. The first-order valence-electron chi connectivity index (χ1n) is 8.75. The third-order valence-corrected chi connectivity index (χ3v) is 5.86. The average molecular weight is 355 g/mol. The van der Waals surface area contributed by atoms with Crippen LogP contribution in [0.3, 0.4) is 0 Å². The molecule has 0 saturated heterocycles. The summed E-state index contributed by atoms with van der Waals surface area (Å²) in [6.07, 6.45) is 8.32. The van der Waals surface area contributed by atoms with Crippen LogP contribution >= 0.6 is 0 Å². The summed E-state index contributed by atoms with van der Waals surface area (Å²) in [5.74, 6) is 2.45. The summed E-state index contributed by atoms with van der Waals surface area (Å²) < 4.78 is 23.0. The number of fused-ring (bicyclic) bond motifs is 1. The number of ether oxygens (including phenoxy) is 2. The molecule has 1 aliphatic heterocycles. The maximum absolute atomic E-state index is 12.3. The van der Waals surface area contributed by atoms with Crippen molar-refractivity contribution in [3.05, 3.63) is 23.8 Å². The van der Waals surface area contributed by atoms with E-state index in [0.717, 1.165) is 30.1 Å². The van der Waals surface area contributed by atoms with Gasteiger partial charge in [0, 0.05) is 21.8 Å². The van der Waals surface area contributed by atoms with Gasteiger partial charge in [0.05, 0.1) is 0 Å². The molecular formula is C19H30O4S. The lowest BCUT2D eigenvalue weighted by atomic mass is 10.1. The summed E-state index contributed by atoms with van der Waals surface area (Å²) in [5, 5.41) is 0.191. The maximum Gasteiger partial charge on any atom is 0.231 e. The van der Waals surface area contributed by atoms with Crippen LogP contribution < -0.4 is 9.47 Å². The minimum absolute atomic E-state index is 0.191. The summed E-state index contributed by atoms with van der Waals surface area (Å²) in [4.78, 5) is 8.00. The summed E-state index contributed by atoms with van der Waals surface area (Å²) >= 11 is 0. The Bertz CT molecular complexity index is 504. The molecule has 4 nitrogen and oxygen atoms in total.